The third-order valence-corrected chi connectivity index (χ3v) is 5.43. The number of carbonyl (C=O) groups excluding carboxylic acids is 2. The van der Waals surface area contributed by atoms with Crippen molar-refractivity contribution < 1.29 is 9.59 Å². The van der Waals surface area contributed by atoms with Crippen LogP contribution < -0.4 is 10.2 Å². The molecule has 154 valence electrons. The van der Waals surface area contributed by atoms with Crippen LogP contribution in [0.1, 0.15) is 48.5 Å². The Morgan fingerprint density at radius 3 is 2.17 bits per heavy atom. The fraction of sp³-hybridized carbons (Fsp3) is 0.417. The summed E-state index contributed by atoms with van der Waals surface area (Å²) >= 11 is 0. The third kappa shape index (κ3) is 5.83. The number of nitrogens with zero attached hydrogens (tertiary/aromatic N) is 2. The maximum atomic E-state index is 12.3. The second-order valence-corrected chi connectivity index (χ2v) is 7.69. The van der Waals surface area contributed by atoms with E-state index in [1.165, 1.54) is 0 Å². The van der Waals surface area contributed by atoms with Crippen LogP contribution in [0.4, 0.5) is 11.4 Å². The average molecular weight is 394 g/mol. The number of nitrogens with one attached hydrogen (secondary N) is 1. The van der Waals surface area contributed by atoms with Crippen molar-refractivity contribution in [2.24, 2.45) is 0 Å². The molecule has 0 unspecified atom stereocenters. The molecule has 0 aliphatic carbocycles. The fourth-order valence-electron chi connectivity index (χ4n) is 3.56. The van der Waals surface area contributed by atoms with Gasteiger partial charge in [-0.15, -0.1) is 0 Å². The number of anilines is 2. The first-order valence-electron chi connectivity index (χ1n) is 10.6. The molecule has 0 atom stereocenters. The van der Waals surface area contributed by atoms with Gasteiger partial charge in [0.1, 0.15) is 0 Å². The van der Waals surface area contributed by atoms with E-state index in [1.807, 2.05) is 60.4 Å². The lowest BCUT2D eigenvalue weighted by molar-refractivity contribution is -0.131. The van der Waals surface area contributed by atoms with Crippen LogP contribution in [0.25, 0.3) is 0 Å². The Hall–Kier alpha value is -2.82. The molecule has 5 nitrogen and oxygen atoms in total. The molecule has 1 aliphatic heterocycles. The molecular formula is C24H31N3O2. The van der Waals surface area contributed by atoms with E-state index in [2.05, 4.69) is 17.1 Å². The molecule has 1 saturated heterocycles. The van der Waals surface area contributed by atoms with Crippen LogP contribution in [0, 0.1) is 6.92 Å². The van der Waals surface area contributed by atoms with E-state index in [0.717, 1.165) is 62.4 Å². The first kappa shape index (κ1) is 20.9. The molecule has 1 aliphatic rings. The Balaban J connectivity index is 1.50. The van der Waals surface area contributed by atoms with Gasteiger partial charge in [0.05, 0.1) is 0 Å². The van der Waals surface area contributed by atoms with Gasteiger partial charge < -0.3 is 15.1 Å². The van der Waals surface area contributed by atoms with Crippen LogP contribution >= 0.6 is 0 Å². The zero-order valence-corrected chi connectivity index (χ0v) is 17.5. The lowest BCUT2D eigenvalue weighted by atomic mass is 10.1. The Morgan fingerprint density at radius 2 is 1.55 bits per heavy atom. The monoisotopic (exact) mass is 393 g/mol. The summed E-state index contributed by atoms with van der Waals surface area (Å²) in [5, 5.41) is 2.94. The molecule has 2 aromatic carbocycles. The predicted octanol–water partition coefficient (Wildman–Crippen LogP) is 4.48. The number of hydrogen-bond donors (Lipinski definition) is 1. The highest BCUT2D eigenvalue weighted by Gasteiger charge is 2.20. The topological polar surface area (TPSA) is 52.7 Å². The Labute approximate surface area is 173 Å². The third-order valence-electron chi connectivity index (χ3n) is 5.43. The first-order valence-corrected chi connectivity index (χ1v) is 10.6. The normalized spacial score (nSPS) is 14.0. The minimum atomic E-state index is -0.104. The van der Waals surface area contributed by atoms with Crippen molar-refractivity contribution in [3.63, 3.8) is 0 Å². The van der Waals surface area contributed by atoms with Crippen molar-refractivity contribution >= 4 is 23.2 Å². The van der Waals surface area contributed by atoms with Gasteiger partial charge in [0, 0.05) is 49.5 Å². The Morgan fingerprint density at radius 1 is 0.897 bits per heavy atom. The Bertz CT molecular complexity index is 807. The van der Waals surface area contributed by atoms with Crippen LogP contribution in [-0.4, -0.2) is 42.9 Å². The number of aryl methyl sites for hydroxylation is 1. The molecule has 29 heavy (non-hydrogen) atoms. The van der Waals surface area contributed by atoms with Crippen LogP contribution in [0.5, 0.6) is 0 Å². The number of carbonyl (C=O) groups is 2. The highest BCUT2D eigenvalue weighted by molar-refractivity contribution is 6.04. The highest BCUT2D eigenvalue weighted by atomic mass is 16.2. The summed E-state index contributed by atoms with van der Waals surface area (Å²) in [7, 11) is 0. The zero-order chi connectivity index (χ0) is 20.6. The number of piperazine rings is 1. The van der Waals surface area contributed by atoms with Crippen molar-refractivity contribution in [3.8, 4) is 0 Å². The summed E-state index contributed by atoms with van der Waals surface area (Å²) in [5.74, 6) is 0.181. The van der Waals surface area contributed by atoms with Gasteiger partial charge in [0.15, 0.2) is 0 Å². The van der Waals surface area contributed by atoms with Crippen LogP contribution in [0.3, 0.4) is 0 Å². The Kier molecular flexibility index (Phi) is 7.28. The SMILES string of the molecule is CCCCCC(=O)N1CCN(c2ccc(NC(=O)c3ccc(C)cc3)cc2)CC1. The molecular weight excluding hydrogens is 362 g/mol. The van der Waals surface area contributed by atoms with Gasteiger partial charge in [-0.2, -0.15) is 0 Å². The molecule has 0 aromatic heterocycles. The average Bonchev–Trinajstić information content (AvgIpc) is 2.75. The largest absolute Gasteiger partial charge is 0.368 e. The maximum absolute atomic E-state index is 12.3. The second-order valence-electron chi connectivity index (χ2n) is 7.69. The molecule has 1 N–H and O–H groups in total. The molecule has 2 aromatic rings. The molecule has 1 heterocycles. The van der Waals surface area contributed by atoms with E-state index in [0.29, 0.717) is 12.0 Å². The zero-order valence-electron chi connectivity index (χ0n) is 17.5. The van der Waals surface area contributed by atoms with Crippen molar-refractivity contribution in [1.29, 1.82) is 0 Å². The van der Waals surface area contributed by atoms with Gasteiger partial charge in [-0.25, -0.2) is 0 Å². The number of benzene rings is 2. The summed E-state index contributed by atoms with van der Waals surface area (Å²) in [5.41, 5.74) is 3.69. The summed E-state index contributed by atoms with van der Waals surface area (Å²) in [6.07, 6.45) is 3.93. The van der Waals surface area contributed by atoms with Gasteiger partial charge in [-0.05, 0) is 49.7 Å². The lowest BCUT2D eigenvalue weighted by Crippen LogP contribution is -2.48. The van der Waals surface area contributed by atoms with Gasteiger partial charge in [-0.1, -0.05) is 37.5 Å². The van der Waals surface area contributed by atoms with Gasteiger partial charge in [0.25, 0.3) is 5.91 Å². The van der Waals surface area contributed by atoms with Crippen molar-refractivity contribution in [1.82, 2.24) is 4.90 Å². The van der Waals surface area contributed by atoms with Crippen molar-refractivity contribution in [3.05, 3.63) is 59.7 Å². The fourth-order valence-corrected chi connectivity index (χ4v) is 3.56. The molecule has 0 saturated carbocycles. The van der Waals surface area contributed by atoms with Crippen LogP contribution in [0.15, 0.2) is 48.5 Å². The van der Waals surface area contributed by atoms with Gasteiger partial charge in [-0.3, -0.25) is 9.59 Å². The van der Waals surface area contributed by atoms with Crippen LogP contribution in [-0.2, 0) is 4.79 Å². The van der Waals surface area contributed by atoms with E-state index in [9.17, 15) is 9.59 Å². The molecule has 1 fully saturated rings. The molecule has 2 amide bonds. The quantitative estimate of drug-likeness (QED) is 0.706. The minimum absolute atomic E-state index is 0.104. The summed E-state index contributed by atoms with van der Waals surface area (Å²) in [6, 6.07) is 15.5. The number of amides is 2. The standard InChI is InChI=1S/C24H31N3O2/c1-3-4-5-6-23(28)27-17-15-26(16-18-27)22-13-11-21(12-14-22)25-24(29)20-9-7-19(2)8-10-20/h7-14H,3-6,15-18H2,1-2H3,(H,25,29). The van der Waals surface area contributed by atoms with E-state index in [1.54, 1.807) is 0 Å². The second kappa shape index (κ2) is 10.1. The number of rotatable bonds is 7. The van der Waals surface area contributed by atoms with E-state index < -0.39 is 0 Å². The number of unbranched alkanes of at least 4 members (excludes halogenated alkanes) is 2. The molecule has 3 rings (SSSR count). The van der Waals surface area contributed by atoms with Crippen LogP contribution in [0.2, 0.25) is 0 Å². The summed E-state index contributed by atoms with van der Waals surface area (Å²) in [4.78, 5) is 28.9. The summed E-state index contributed by atoms with van der Waals surface area (Å²) in [6.45, 7) is 7.39. The van der Waals surface area contributed by atoms with Gasteiger partial charge >= 0.3 is 0 Å². The molecule has 0 spiro atoms. The predicted molar refractivity (Wildman–Crippen MR) is 119 cm³/mol. The smallest absolute Gasteiger partial charge is 0.255 e. The first-order chi connectivity index (χ1) is 14.1. The molecule has 0 radical (unpaired) electrons. The minimum Gasteiger partial charge on any atom is -0.368 e. The van der Waals surface area contributed by atoms with E-state index >= 15 is 0 Å². The van der Waals surface area contributed by atoms with E-state index in [4.69, 9.17) is 0 Å². The lowest BCUT2D eigenvalue weighted by Gasteiger charge is -2.36. The molecule has 5 heteroatoms. The molecule has 0 bridgehead atoms. The number of hydrogen-bond acceptors (Lipinski definition) is 3. The van der Waals surface area contributed by atoms with E-state index in [-0.39, 0.29) is 11.8 Å². The van der Waals surface area contributed by atoms with Gasteiger partial charge in [0.2, 0.25) is 5.91 Å². The maximum Gasteiger partial charge on any atom is 0.255 e. The van der Waals surface area contributed by atoms with Crippen molar-refractivity contribution in [2.45, 2.75) is 39.5 Å². The highest BCUT2D eigenvalue weighted by Crippen LogP contribution is 2.20. The van der Waals surface area contributed by atoms with Crippen molar-refractivity contribution in [2.75, 3.05) is 36.4 Å². The summed E-state index contributed by atoms with van der Waals surface area (Å²) < 4.78 is 0.